The van der Waals surface area contributed by atoms with Crippen LogP contribution < -0.4 is 16.0 Å². The van der Waals surface area contributed by atoms with E-state index in [2.05, 4.69) is 5.32 Å². The van der Waals surface area contributed by atoms with E-state index in [1.165, 1.54) is 0 Å². The number of aryl methyl sites for hydroxylation is 1. The molecule has 2 amide bonds. The van der Waals surface area contributed by atoms with Gasteiger partial charge in [-0.1, -0.05) is 0 Å². The molecule has 0 aromatic heterocycles. The summed E-state index contributed by atoms with van der Waals surface area (Å²) in [4.78, 5) is 14.1. The van der Waals surface area contributed by atoms with Crippen molar-refractivity contribution in [3.8, 4) is 0 Å². The van der Waals surface area contributed by atoms with Gasteiger partial charge in [-0.15, -0.1) is 0 Å². The van der Waals surface area contributed by atoms with E-state index in [9.17, 15) is 4.79 Å². The van der Waals surface area contributed by atoms with E-state index in [4.69, 9.17) is 5.73 Å². The Morgan fingerprint density at radius 1 is 1.39 bits per heavy atom. The Labute approximate surface area is 108 Å². The van der Waals surface area contributed by atoms with Crippen LogP contribution in [0.1, 0.15) is 32.8 Å². The van der Waals surface area contributed by atoms with Crippen molar-refractivity contribution in [2.75, 3.05) is 17.2 Å². The predicted octanol–water partition coefficient (Wildman–Crippen LogP) is 2.53. The van der Waals surface area contributed by atoms with Crippen LogP contribution in [-0.2, 0) is 6.42 Å². The highest BCUT2D eigenvalue weighted by atomic mass is 16.2. The third kappa shape index (κ3) is 2.75. The van der Waals surface area contributed by atoms with Crippen LogP contribution in [0.4, 0.5) is 16.2 Å². The van der Waals surface area contributed by atoms with Crippen molar-refractivity contribution in [2.24, 2.45) is 0 Å². The number of carbonyl (C=O) groups is 1. The number of hydrogen-bond acceptors (Lipinski definition) is 2. The number of carbonyl (C=O) groups excluding carboxylic acids is 1. The second-order valence-electron chi connectivity index (χ2n) is 5.82. The summed E-state index contributed by atoms with van der Waals surface area (Å²) >= 11 is 0. The van der Waals surface area contributed by atoms with E-state index in [-0.39, 0.29) is 11.6 Å². The number of nitrogen functional groups attached to an aromatic ring is 1. The van der Waals surface area contributed by atoms with Gasteiger partial charge in [-0.05, 0) is 57.4 Å². The lowest BCUT2D eigenvalue weighted by atomic mass is 10.0. The fourth-order valence-corrected chi connectivity index (χ4v) is 2.22. The van der Waals surface area contributed by atoms with Gasteiger partial charge in [-0.25, -0.2) is 4.79 Å². The van der Waals surface area contributed by atoms with Crippen LogP contribution in [0.3, 0.4) is 0 Å². The molecule has 18 heavy (non-hydrogen) atoms. The van der Waals surface area contributed by atoms with Gasteiger partial charge in [0.2, 0.25) is 0 Å². The zero-order valence-electron chi connectivity index (χ0n) is 11.3. The maximum atomic E-state index is 12.2. The van der Waals surface area contributed by atoms with E-state index in [1.807, 2.05) is 43.9 Å². The van der Waals surface area contributed by atoms with Crippen LogP contribution >= 0.6 is 0 Å². The summed E-state index contributed by atoms with van der Waals surface area (Å²) in [5, 5.41) is 3.00. The molecule has 0 bridgehead atoms. The number of nitrogens with zero attached hydrogens (tertiary/aromatic N) is 1. The Morgan fingerprint density at radius 2 is 2.11 bits per heavy atom. The summed E-state index contributed by atoms with van der Waals surface area (Å²) in [6.07, 6.45) is 1.97. The highest BCUT2D eigenvalue weighted by Gasteiger charge is 2.25. The molecule has 4 nitrogen and oxygen atoms in total. The van der Waals surface area contributed by atoms with Crippen molar-refractivity contribution >= 4 is 17.4 Å². The molecule has 0 fully saturated rings. The van der Waals surface area contributed by atoms with Gasteiger partial charge >= 0.3 is 6.03 Å². The number of hydrogen-bond donors (Lipinski definition) is 2. The third-order valence-electron chi connectivity index (χ3n) is 2.95. The number of rotatable bonds is 0. The zero-order valence-corrected chi connectivity index (χ0v) is 11.3. The van der Waals surface area contributed by atoms with Gasteiger partial charge in [-0.2, -0.15) is 0 Å². The average molecular weight is 247 g/mol. The summed E-state index contributed by atoms with van der Waals surface area (Å²) in [5.41, 5.74) is 8.46. The van der Waals surface area contributed by atoms with Crippen LogP contribution in [0.15, 0.2) is 18.2 Å². The topological polar surface area (TPSA) is 58.4 Å². The van der Waals surface area contributed by atoms with Gasteiger partial charge in [0.1, 0.15) is 0 Å². The first-order valence-electron chi connectivity index (χ1n) is 6.35. The maximum absolute atomic E-state index is 12.2. The molecule has 1 heterocycles. The van der Waals surface area contributed by atoms with Crippen molar-refractivity contribution in [2.45, 2.75) is 39.2 Å². The van der Waals surface area contributed by atoms with Crippen molar-refractivity contribution in [3.63, 3.8) is 0 Å². The molecule has 4 heteroatoms. The van der Waals surface area contributed by atoms with Crippen LogP contribution in [0.25, 0.3) is 0 Å². The first-order chi connectivity index (χ1) is 8.37. The van der Waals surface area contributed by atoms with Crippen molar-refractivity contribution in [1.82, 2.24) is 5.32 Å². The Morgan fingerprint density at radius 3 is 2.78 bits per heavy atom. The molecule has 1 aliphatic heterocycles. The minimum Gasteiger partial charge on any atom is -0.399 e. The molecule has 1 aliphatic rings. The van der Waals surface area contributed by atoms with E-state index < -0.39 is 0 Å². The number of benzene rings is 1. The van der Waals surface area contributed by atoms with E-state index in [1.54, 1.807) is 0 Å². The number of nitrogens with one attached hydrogen (secondary N) is 1. The lowest BCUT2D eigenvalue weighted by molar-refractivity contribution is 0.237. The van der Waals surface area contributed by atoms with Crippen molar-refractivity contribution in [1.29, 1.82) is 0 Å². The fourth-order valence-electron chi connectivity index (χ4n) is 2.22. The van der Waals surface area contributed by atoms with Gasteiger partial charge in [0, 0.05) is 23.5 Å². The quantitative estimate of drug-likeness (QED) is 0.692. The number of amides is 2. The van der Waals surface area contributed by atoms with Crippen molar-refractivity contribution in [3.05, 3.63) is 23.8 Å². The molecule has 0 atom stereocenters. The molecule has 0 unspecified atom stereocenters. The SMILES string of the molecule is CC(C)(C)NC(=O)N1CCCc2cc(N)ccc21. The smallest absolute Gasteiger partial charge is 0.322 e. The van der Waals surface area contributed by atoms with Gasteiger partial charge < -0.3 is 11.1 Å². The van der Waals surface area contributed by atoms with Crippen LogP contribution in [0.2, 0.25) is 0 Å². The first kappa shape index (κ1) is 12.7. The molecule has 1 aromatic rings. The number of nitrogens with two attached hydrogens (primary N) is 1. The number of fused-ring (bicyclic) bond motifs is 1. The lowest BCUT2D eigenvalue weighted by Crippen LogP contribution is -2.50. The Hall–Kier alpha value is -1.71. The third-order valence-corrected chi connectivity index (χ3v) is 2.95. The number of urea groups is 1. The second-order valence-corrected chi connectivity index (χ2v) is 5.82. The van der Waals surface area contributed by atoms with Crippen LogP contribution in [0, 0.1) is 0 Å². The molecule has 0 aliphatic carbocycles. The van der Waals surface area contributed by atoms with Gasteiger partial charge in [0.05, 0.1) is 0 Å². The first-order valence-corrected chi connectivity index (χ1v) is 6.35. The van der Waals surface area contributed by atoms with Gasteiger partial charge in [-0.3, -0.25) is 4.90 Å². The fraction of sp³-hybridized carbons (Fsp3) is 0.500. The largest absolute Gasteiger partial charge is 0.399 e. The van der Waals surface area contributed by atoms with E-state index in [0.717, 1.165) is 36.3 Å². The van der Waals surface area contributed by atoms with Gasteiger partial charge in [0.15, 0.2) is 0 Å². The summed E-state index contributed by atoms with van der Waals surface area (Å²) in [6.45, 7) is 6.72. The molecule has 98 valence electrons. The highest BCUT2D eigenvalue weighted by molar-refractivity contribution is 5.94. The summed E-state index contributed by atoms with van der Waals surface area (Å²) in [5.74, 6) is 0. The Balaban J connectivity index is 2.25. The molecule has 1 aromatic carbocycles. The molecule has 2 rings (SSSR count). The minimum atomic E-state index is -0.220. The minimum absolute atomic E-state index is 0.0341. The normalized spacial score (nSPS) is 15.2. The maximum Gasteiger partial charge on any atom is 0.322 e. The molecule has 0 saturated carbocycles. The monoisotopic (exact) mass is 247 g/mol. The zero-order chi connectivity index (χ0) is 13.3. The van der Waals surface area contributed by atoms with Gasteiger partial charge in [0.25, 0.3) is 0 Å². The van der Waals surface area contributed by atoms with Crippen LogP contribution in [0.5, 0.6) is 0 Å². The molecule has 3 N–H and O–H groups in total. The lowest BCUT2D eigenvalue weighted by Gasteiger charge is -2.32. The van der Waals surface area contributed by atoms with Crippen LogP contribution in [-0.4, -0.2) is 18.1 Å². The summed E-state index contributed by atoms with van der Waals surface area (Å²) in [7, 11) is 0. The summed E-state index contributed by atoms with van der Waals surface area (Å²) in [6, 6.07) is 5.72. The standard InChI is InChI=1S/C14H21N3O/c1-14(2,3)16-13(18)17-8-4-5-10-9-11(15)6-7-12(10)17/h6-7,9H,4-5,8,15H2,1-3H3,(H,16,18). The molecule has 0 radical (unpaired) electrons. The van der Waals surface area contributed by atoms with E-state index in [0.29, 0.717) is 0 Å². The molecule has 0 spiro atoms. The average Bonchev–Trinajstić information content (AvgIpc) is 2.25. The Kier molecular flexibility index (Phi) is 3.20. The van der Waals surface area contributed by atoms with Crippen molar-refractivity contribution < 1.29 is 4.79 Å². The number of anilines is 2. The summed E-state index contributed by atoms with van der Waals surface area (Å²) < 4.78 is 0. The second kappa shape index (κ2) is 4.52. The highest BCUT2D eigenvalue weighted by Crippen LogP contribution is 2.29. The predicted molar refractivity (Wildman–Crippen MR) is 74.8 cm³/mol. The van der Waals surface area contributed by atoms with E-state index >= 15 is 0 Å². The molecular formula is C14H21N3O. The Bertz CT molecular complexity index is 463. The molecule has 0 saturated heterocycles. The molecular weight excluding hydrogens is 226 g/mol.